The Morgan fingerprint density at radius 2 is 2.00 bits per heavy atom. The third-order valence-corrected chi connectivity index (χ3v) is 3.30. The first-order valence-electron chi connectivity index (χ1n) is 6.23. The van der Waals surface area contributed by atoms with E-state index in [4.69, 9.17) is 4.74 Å². The first kappa shape index (κ1) is 12.5. The molecule has 0 N–H and O–H groups in total. The van der Waals surface area contributed by atoms with Crippen molar-refractivity contribution in [1.82, 2.24) is 0 Å². The Bertz CT molecular complexity index is 211. The second-order valence-electron chi connectivity index (χ2n) is 5.27. The van der Waals surface area contributed by atoms with Crippen molar-refractivity contribution in [1.29, 1.82) is 0 Å². The number of carbonyl (C=O) groups excluding carboxylic acids is 1. The summed E-state index contributed by atoms with van der Waals surface area (Å²) in [6, 6.07) is 0. The Hall–Kier alpha value is -0.530. The van der Waals surface area contributed by atoms with Crippen LogP contribution in [0.2, 0.25) is 0 Å². The predicted molar refractivity (Wildman–Crippen MR) is 61.5 cm³/mol. The summed E-state index contributed by atoms with van der Waals surface area (Å²) in [4.78, 5) is 11.8. The molecule has 0 bridgehead atoms. The second-order valence-corrected chi connectivity index (χ2v) is 5.27. The van der Waals surface area contributed by atoms with Crippen LogP contribution in [0.3, 0.4) is 0 Å². The van der Waals surface area contributed by atoms with E-state index in [1.165, 1.54) is 12.8 Å². The average molecular weight is 212 g/mol. The average Bonchev–Trinajstić information content (AvgIpc) is 2.15. The first-order valence-corrected chi connectivity index (χ1v) is 6.23. The summed E-state index contributed by atoms with van der Waals surface area (Å²) < 4.78 is 5.29. The maximum Gasteiger partial charge on any atom is 0.309 e. The molecule has 0 heterocycles. The van der Waals surface area contributed by atoms with E-state index in [1.54, 1.807) is 0 Å². The Balaban J connectivity index is 2.50. The maximum absolute atomic E-state index is 11.8. The van der Waals surface area contributed by atoms with Gasteiger partial charge in [-0.15, -0.1) is 0 Å². The molecule has 0 radical (unpaired) electrons. The van der Waals surface area contributed by atoms with E-state index in [1.807, 2.05) is 13.8 Å². The minimum absolute atomic E-state index is 0.0230. The van der Waals surface area contributed by atoms with Gasteiger partial charge in [0.15, 0.2) is 0 Å². The molecule has 0 aromatic carbocycles. The van der Waals surface area contributed by atoms with Gasteiger partial charge >= 0.3 is 5.97 Å². The van der Waals surface area contributed by atoms with Gasteiger partial charge in [0.05, 0.1) is 12.0 Å². The molecule has 1 saturated carbocycles. The fourth-order valence-electron chi connectivity index (χ4n) is 2.60. The van der Waals surface area contributed by atoms with Gasteiger partial charge in [0.25, 0.3) is 0 Å². The van der Waals surface area contributed by atoms with Gasteiger partial charge in [-0.1, -0.05) is 20.3 Å². The lowest BCUT2D eigenvalue weighted by atomic mass is 9.75. The van der Waals surface area contributed by atoms with Gasteiger partial charge in [0.2, 0.25) is 0 Å². The third kappa shape index (κ3) is 3.84. The quantitative estimate of drug-likeness (QED) is 0.670. The lowest BCUT2D eigenvalue weighted by molar-refractivity contribution is -0.154. The van der Waals surface area contributed by atoms with Gasteiger partial charge in [0.1, 0.15) is 0 Å². The molecule has 15 heavy (non-hydrogen) atoms. The van der Waals surface area contributed by atoms with Crippen LogP contribution in [0.1, 0.15) is 53.4 Å². The van der Waals surface area contributed by atoms with Gasteiger partial charge in [-0.2, -0.15) is 0 Å². The summed E-state index contributed by atoms with van der Waals surface area (Å²) in [6.07, 6.45) is 4.54. The number of ether oxygens (including phenoxy) is 1. The fraction of sp³-hybridized carbons (Fsp3) is 0.923. The molecule has 1 aliphatic carbocycles. The molecule has 1 fully saturated rings. The number of hydrogen-bond acceptors (Lipinski definition) is 2. The number of hydrogen-bond donors (Lipinski definition) is 0. The van der Waals surface area contributed by atoms with Gasteiger partial charge in [0, 0.05) is 0 Å². The zero-order valence-corrected chi connectivity index (χ0v) is 10.5. The van der Waals surface area contributed by atoms with E-state index < -0.39 is 0 Å². The summed E-state index contributed by atoms with van der Waals surface area (Å²) in [5.74, 6) is 1.57. The SMILES string of the molecule is CCC1CC(C)CC(C(=O)OC(C)C)C1. The zero-order valence-electron chi connectivity index (χ0n) is 10.5. The highest BCUT2D eigenvalue weighted by Gasteiger charge is 2.31. The zero-order chi connectivity index (χ0) is 11.4. The van der Waals surface area contributed by atoms with E-state index >= 15 is 0 Å². The van der Waals surface area contributed by atoms with Crippen LogP contribution < -0.4 is 0 Å². The molecule has 0 aromatic heterocycles. The summed E-state index contributed by atoms with van der Waals surface area (Å²) in [7, 11) is 0. The van der Waals surface area contributed by atoms with Crippen molar-refractivity contribution < 1.29 is 9.53 Å². The molecule has 2 nitrogen and oxygen atoms in total. The highest BCUT2D eigenvalue weighted by atomic mass is 16.5. The van der Waals surface area contributed by atoms with Crippen LogP contribution in [0.25, 0.3) is 0 Å². The molecule has 0 saturated heterocycles. The summed E-state index contributed by atoms with van der Waals surface area (Å²) in [6.45, 7) is 8.30. The van der Waals surface area contributed by atoms with E-state index in [-0.39, 0.29) is 18.0 Å². The maximum atomic E-state index is 11.8. The van der Waals surface area contributed by atoms with Gasteiger partial charge in [-0.3, -0.25) is 4.79 Å². The van der Waals surface area contributed by atoms with E-state index in [2.05, 4.69) is 13.8 Å². The molecular formula is C13H24O2. The number of rotatable bonds is 3. The monoisotopic (exact) mass is 212 g/mol. The van der Waals surface area contributed by atoms with Crippen LogP contribution in [0, 0.1) is 17.8 Å². The Kier molecular flexibility index (Phi) is 4.62. The van der Waals surface area contributed by atoms with Crippen molar-refractivity contribution in [2.45, 2.75) is 59.5 Å². The summed E-state index contributed by atoms with van der Waals surface area (Å²) >= 11 is 0. The minimum Gasteiger partial charge on any atom is -0.463 e. The Labute approximate surface area is 93.4 Å². The summed E-state index contributed by atoms with van der Waals surface area (Å²) in [5.41, 5.74) is 0. The van der Waals surface area contributed by atoms with Crippen molar-refractivity contribution in [2.24, 2.45) is 17.8 Å². The molecule has 88 valence electrons. The van der Waals surface area contributed by atoms with Crippen molar-refractivity contribution in [3.05, 3.63) is 0 Å². The van der Waals surface area contributed by atoms with E-state index in [9.17, 15) is 4.79 Å². The van der Waals surface area contributed by atoms with E-state index in [0.717, 1.165) is 18.8 Å². The summed E-state index contributed by atoms with van der Waals surface area (Å²) in [5, 5.41) is 0. The molecular weight excluding hydrogens is 188 g/mol. The topological polar surface area (TPSA) is 26.3 Å². The van der Waals surface area contributed by atoms with Crippen molar-refractivity contribution in [3.8, 4) is 0 Å². The normalized spacial score (nSPS) is 31.7. The molecule has 0 amide bonds. The third-order valence-electron chi connectivity index (χ3n) is 3.30. The molecule has 3 unspecified atom stereocenters. The lowest BCUT2D eigenvalue weighted by Gasteiger charge is -2.31. The van der Waals surface area contributed by atoms with Crippen LogP contribution in [0.4, 0.5) is 0 Å². The highest BCUT2D eigenvalue weighted by molar-refractivity contribution is 5.72. The Morgan fingerprint density at radius 3 is 2.53 bits per heavy atom. The minimum atomic E-state index is 0.0230. The number of carbonyl (C=O) groups is 1. The second kappa shape index (κ2) is 5.53. The molecule has 1 aliphatic rings. The smallest absolute Gasteiger partial charge is 0.309 e. The molecule has 1 rings (SSSR count). The van der Waals surface area contributed by atoms with Crippen LogP contribution in [-0.4, -0.2) is 12.1 Å². The molecule has 3 atom stereocenters. The van der Waals surface area contributed by atoms with Crippen molar-refractivity contribution in [2.75, 3.05) is 0 Å². The van der Waals surface area contributed by atoms with Crippen molar-refractivity contribution >= 4 is 5.97 Å². The lowest BCUT2D eigenvalue weighted by Crippen LogP contribution is -2.29. The molecule has 0 aromatic rings. The highest BCUT2D eigenvalue weighted by Crippen LogP contribution is 2.35. The van der Waals surface area contributed by atoms with E-state index in [0.29, 0.717) is 5.92 Å². The van der Waals surface area contributed by atoms with Crippen LogP contribution >= 0.6 is 0 Å². The fourth-order valence-corrected chi connectivity index (χ4v) is 2.60. The molecule has 0 spiro atoms. The predicted octanol–water partition coefficient (Wildman–Crippen LogP) is 3.40. The molecule has 0 aliphatic heterocycles. The van der Waals surface area contributed by atoms with Gasteiger partial charge in [-0.05, 0) is 44.9 Å². The Morgan fingerprint density at radius 1 is 1.33 bits per heavy atom. The first-order chi connectivity index (χ1) is 7.02. The van der Waals surface area contributed by atoms with Crippen molar-refractivity contribution in [3.63, 3.8) is 0 Å². The van der Waals surface area contributed by atoms with Gasteiger partial charge in [-0.25, -0.2) is 0 Å². The van der Waals surface area contributed by atoms with Crippen LogP contribution in [-0.2, 0) is 9.53 Å². The largest absolute Gasteiger partial charge is 0.463 e. The van der Waals surface area contributed by atoms with Crippen LogP contribution in [0.15, 0.2) is 0 Å². The number of esters is 1. The standard InChI is InChI=1S/C13H24O2/c1-5-11-6-10(4)7-12(8-11)13(14)15-9(2)3/h9-12H,5-8H2,1-4H3. The van der Waals surface area contributed by atoms with Crippen LogP contribution in [0.5, 0.6) is 0 Å². The molecule has 2 heteroatoms. The van der Waals surface area contributed by atoms with Gasteiger partial charge < -0.3 is 4.74 Å².